The molecule has 1 N–H and O–H groups in total. The number of nitrogens with zero attached hydrogens (tertiary/aromatic N) is 4. The molecule has 0 spiro atoms. The van der Waals surface area contributed by atoms with E-state index >= 15 is 0 Å². The molecule has 0 bridgehead atoms. The van der Waals surface area contributed by atoms with Gasteiger partial charge in [-0.3, -0.25) is 4.79 Å². The lowest BCUT2D eigenvalue weighted by molar-refractivity contribution is 0.0740. The van der Waals surface area contributed by atoms with Crippen LogP contribution in [0.5, 0.6) is 0 Å². The van der Waals surface area contributed by atoms with E-state index in [-0.39, 0.29) is 5.91 Å². The standard InChI is InChI=1S/C23H25N5O/c1-17-5-3-7-19(13-17)26-22-15-21(24-16-25-22)23(29)28-11-9-27(10-12-28)20-8-4-6-18(2)14-20/h3-8,13-16H,9-12H2,1-2H3,(H,24,25,26). The molecule has 0 atom stereocenters. The smallest absolute Gasteiger partial charge is 0.272 e. The molecule has 1 amide bonds. The van der Waals surface area contributed by atoms with Crippen molar-refractivity contribution < 1.29 is 4.79 Å². The van der Waals surface area contributed by atoms with Gasteiger partial charge in [0.05, 0.1) is 0 Å². The van der Waals surface area contributed by atoms with Crippen LogP contribution in [0.25, 0.3) is 0 Å². The number of aryl methyl sites for hydroxylation is 2. The summed E-state index contributed by atoms with van der Waals surface area (Å²) < 4.78 is 0. The van der Waals surface area contributed by atoms with Crippen molar-refractivity contribution in [2.75, 3.05) is 36.4 Å². The molecule has 6 heteroatoms. The SMILES string of the molecule is Cc1cccc(Nc2cc(C(=O)N3CCN(c4cccc(C)c4)CC3)ncn2)c1. The van der Waals surface area contributed by atoms with Crippen LogP contribution in [0, 0.1) is 13.8 Å². The van der Waals surface area contributed by atoms with Gasteiger partial charge in [-0.15, -0.1) is 0 Å². The zero-order valence-electron chi connectivity index (χ0n) is 16.8. The van der Waals surface area contributed by atoms with E-state index in [2.05, 4.69) is 51.4 Å². The van der Waals surface area contributed by atoms with Crippen molar-refractivity contribution in [2.45, 2.75) is 13.8 Å². The van der Waals surface area contributed by atoms with E-state index < -0.39 is 0 Å². The van der Waals surface area contributed by atoms with Crippen LogP contribution >= 0.6 is 0 Å². The second kappa shape index (κ2) is 8.31. The minimum atomic E-state index is -0.0522. The molecule has 148 valence electrons. The average Bonchev–Trinajstić information content (AvgIpc) is 2.74. The van der Waals surface area contributed by atoms with Crippen LogP contribution in [-0.4, -0.2) is 47.0 Å². The monoisotopic (exact) mass is 387 g/mol. The predicted molar refractivity (Wildman–Crippen MR) is 116 cm³/mol. The minimum absolute atomic E-state index is 0.0522. The fourth-order valence-corrected chi connectivity index (χ4v) is 3.57. The number of piperazine rings is 1. The van der Waals surface area contributed by atoms with Crippen LogP contribution in [0.3, 0.4) is 0 Å². The molecular formula is C23H25N5O. The Kier molecular flexibility index (Phi) is 5.42. The van der Waals surface area contributed by atoms with Gasteiger partial charge < -0.3 is 15.1 Å². The molecule has 0 radical (unpaired) electrons. The number of amides is 1. The number of rotatable bonds is 4. The Bertz CT molecular complexity index is 1010. The Morgan fingerprint density at radius 3 is 2.34 bits per heavy atom. The number of aromatic nitrogens is 2. The van der Waals surface area contributed by atoms with Gasteiger partial charge in [0.25, 0.3) is 5.91 Å². The van der Waals surface area contributed by atoms with Gasteiger partial charge in [0.2, 0.25) is 0 Å². The fraction of sp³-hybridized carbons (Fsp3) is 0.261. The van der Waals surface area contributed by atoms with Crippen LogP contribution in [0.4, 0.5) is 17.2 Å². The normalized spacial score (nSPS) is 14.0. The van der Waals surface area contributed by atoms with E-state index in [1.807, 2.05) is 36.1 Å². The van der Waals surface area contributed by atoms with Gasteiger partial charge in [0, 0.05) is 43.6 Å². The van der Waals surface area contributed by atoms with Gasteiger partial charge in [-0.05, 0) is 49.2 Å². The molecule has 0 unspecified atom stereocenters. The Morgan fingerprint density at radius 2 is 1.62 bits per heavy atom. The summed E-state index contributed by atoms with van der Waals surface area (Å²) in [7, 11) is 0. The summed E-state index contributed by atoms with van der Waals surface area (Å²) in [5, 5.41) is 3.25. The molecule has 29 heavy (non-hydrogen) atoms. The number of carbonyl (C=O) groups excluding carboxylic acids is 1. The van der Waals surface area contributed by atoms with Crippen molar-refractivity contribution in [3.05, 3.63) is 77.7 Å². The summed E-state index contributed by atoms with van der Waals surface area (Å²) in [6, 6.07) is 18.2. The topological polar surface area (TPSA) is 61.4 Å². The second-order valence-corrected chi connectivity index (χ2v) is 7.40. The summed E-state index contributed by atoms with van der Waals surface area (Å²) in [4.78, 5) is 25.6. The van der Waals surface area contributed by atoms with E-state index in [4.69, 9.17) is 0 Å². The lowest BCUT2D eigenvalue weighted by Crippen LogP contribution is -2.49. The summed E-state index contributed by atoms with van der Waals surface area (Å²) >= 11 is 0. The van der Waals surface area contributed by atoms with Crippen LogP contribution in [0.2, 0.25) is 0 Å². The first-order valence-electron chi connectivity index (χ1n) is 9.85. The van der Waals surface area contributed by atoms with Crippen molar-refractivity contribution in [3.63, 3.8) is 0 Å². The molecule has 1 fully saturated rings. The molecule has 3 aromatic rings. The number of nitrogens with one attached hydrogen (secondary N) is 1. The zero-order chi connectivity index (χ0) is 20.2. The van der Waals surface area contributed by atoms with E-state index in [0.717, 1.165) is 24.3 Å². The van der Waals surface area contributed by atoms with E-state index in [0.29, 0.717) is 24.6 Å². The third kappa shape index (κ3) is 4.54. The van der Waals surface area contributed by atoms with Gasteiger partial charge >= 0.3 is 0 Å². The molecule has 1 aromatic heterocycles. The van der Waals surface area contributed by atoms with Gasteiger partial charge in [-0.1, -0.05) is 24.3 Å². The summed E-state index contributed by atoms with van der Waals surface area (Å²) in [6.45, 7) is 7.12. The van der Waals surface area contributed by atoms with Crippen molar-refractivity contribution in [3.8, 4) is 0 Å². The van der Waals surface area contributed by atoms with Crippen LogP contribution in [-0.2, 0) is 0 Å². The fourth-order valence-electron chi connectivity index (χ4n) is 3.57. The van der Waals surface area contributed by atoms with Crippen molar-refractivity contribution in [2.24, 2.45) is 0 Å². The molecule has 1 saturated heterocycles. The number of carbonyl (C=O) groups is 1. The molecule has 2 aromatic carbocycles. The maximum atomic E-state index is 12.9. The quantitative estimate of drug-likeness (QED) is 0.738. The Balaban J connectivity index is 1.41. The number of hydrogen-bond donors (Lipinski definition) is 1. The first kappa shape index (κ1) is 18.9. The molecule has 0 saturated carbocycles. The number of anilines is 3. The van der Waals surface area contributed by atoms with E-state index in [9.17, 15) is 4.79 Å². The highest BCUT2D eigenvalue weighted by molar-refractivity contribution is 5.93. The molecule has 4 rings (SSSR count). The van der Waals surface area contributed by atoms with E-state index in [1.165, 1.54) is 17.6 Å². The molecule has 0 aliphatic carbocycles. The third-order valence-corrected chi connectivity index (χ3v) is 5.11. The highest BCUT2D eigenvalue weighted by Crippen LogP contribution is 2.20. The molecule has 6 nitrogen and oxygen atoms in total. The summed E-state index contributed by atoms with van der Waals surface area (Å²) in [5.74, 6) is 0.566. The van der Waals surface area contributed by atoms with Gasteiger partial charge in [-0.2, -0.15) is 0 Å². The van der Waals surface area contributed by atoms with E-state index in [1.54, 1.807) is 6.07 Å². The zero-order valence-corrected chi connectivity index (χ0v) is 16.8. The Morgan fingerprint density at radius 1 is 0.897 bits per heavy atom. The predicted octanol–water partition coefficient (Wildman–Crippen LogP) is 3.80. The lowest BCUT2D eigenvalue weighted by atomic mass is 10.2. The lowest BCUT2D eigenvalue weighted by Gasteiger charge is -2.36. The highest BCUT2D eigenvalue weighted by atomic mass is 16.2. The summed E-state index contributed by atoms with van der Waals surface area (Å²) in [6.07, 6.45) is 1.44. The molecule has 1 aliphatic rings. The van der Waals surface area contributed by atoms with Crippen LogP contribution in [0.15, 0.2) is 60.9 Å². The largest absolute Gasteiger partial charge is 0.368 e. The van der Waals surface area contributed by atoms with Crippen LogP contribution < -0.4 is 10.2 Å². The number of hydrogen-bond acceptors (Lipinski definition) is 5. The van der Waals surface area contributed by atoms with Crippen LogP contribution in [0.1, 0.15) is 21.6 Å². The molecule has 2 heterocycles. The molecule has 1 aliphatic heterocycles. The second-order valence-electron chi connectivity index (χ2n) is 7.40. The number of benzene rings is 2. The van der Waals surface area contributed by atoms with Crippen molar-refractivity contribution in [1.29, 1.82) is 0 Å². The maximum absolute atomic E-state index is 12.9. The highest BCUT2D eigenvalue weighted by Gasteiger charge is 2.23. The Labute approximate surface area is 171 Å². The molecular weight excluding hydrogens is 362 g/mol. The van der Waals surface area contributed by atoms with Crippen molar-refractivity contribution in [1.82, 2.24) is 14.9 Å². The summed E-state index contributed by atoms with van der Waals surface area (Å²) in [5.41, 5.74) is 4.97. The first-order valence-corrected chi connectivity index (χ1v) is 9.85. The van der Waals surface area contributed by atoms with Gasteiger partial charge in [0.15, 0.2) is 0 Å². The average molecular weight is 387 g/mol. The minimum Gasteiger partial charge on any atom is -0.368 e. The Hall–Kier alpha value is -3.41. The third-order valence-electron chi connectivity index (χ3n) is 5.11. The first-order chi connectivity index (χ1) is 14.1. The van der Waals surface area contributed by atoms with Gasteiger partial charge in [0.1, 0.15) is 17.8 Å². The van der Waals surface area contributed by atoms with Crippen molar-refractivity contribution >= 4 is 23.1 Å². The van der Waals surface area contributed by atoms with Gasteiger partial charge in [-0.25, -0.2) is 9.97 Å². The maximum Gasteiger partial charge on any atom is 0.272 e.